The number of hydrogen-bond donors (Lipinski definition) is 0. The monoisotopic (exact) mass is 359 g/mol. The van der Waals surface area contributed by atoms with Gasteiger partial charge in [-0.3, -0.25) is 14.9 Å². The summed E-state index contributed by atoms with van der Waals surface area (Å²) >= 11 is 6.21. The maximum Gasteiger partial charge on any atom is 0.269 e. The van der Waals surface area contributed by atoms with Crippen LogP contribution in [0.4, 0.5) is 5.69 Å². The third-order valence-corrected chi connectivity index (χ3v) is 3.90. The van der Waals surface area contributed by atoms with Gasteiger partial charge in [-0.1, -0.05) is 17.7 Å². The summed E-state index contributed by atoms with van der Waals surface area (Å²) in [5.74, 6) is 0.795. The van der Waals surface area contributed by atoms with Crippen molar-refractivity contribution in [3.63, 3.8) is 0 Å². The van der Waals surface area contributed by atoms with Crippen LogP contribution in [0.25, 0.3) is 6.08 Å². The lowest BCUT2D eigenvalue weighted by atomic mass is 10.1. The predicted octanol–water partition coefficient (Wildman–Crippen LogP) is 4.31. The van der Waals surface area contributed by atoms with Gasteiger partial charge in [0.2, 0.25) is 0 Å². The summed E-state index contributed by atoms with van der Waals surface area (Å²) in [4.78, 5) is 22.3. The van der Waals surface area contributed by atoms with Crippen LogP contribution in [0.2, 0.25) is 5.02 Å². The first-order valence-corrected chi connectivity index (χ1v) is 7.98. The highest BCUT2D eigenvalue weighted by atomic mass is 35.5. The molecule has 0 fully saturated rings. The van der Waals surface area contributed by atoms with Crippen molar-refractivity contribution in [3.8, 4) is 11.5 Å². The van der Waals surface area contributed by atoms with E-state index in [9.17, 15) is 14.9 Å². The standard InChI is InChI=1S/C18H14ClNO5/c19-15-10-12(11-17-18(15)25-9-1-8-24-17)2-7-16(21)13-3-5-14(6-4-13)20(22)23/h2-7,10-11H,1,8-9H2. The number of benzene rings is 2. The summed E-state index contributed by atoms with van der Waals surface area (Å²) in [7, 11) is 0. The van der Waals surface area contributed by atoms with Gasteiger partial charge >= 0.3 is 0 Å². The average Bonchev–Trinajstić information content (AvgIpc) is 2.85. The first-order valence-electron chi connectivity index (χ1n) is 7.60. The van der Waals surface area contributed by atoms with Gasteiger partial charge < -0.3 is 9.47 Å². The van der Waals surface area contributed by atoms with Crippen molar-refractivity contribution in [1.29, 1.82) is 0 Å². The highest BCUT2D eigenvalue weighted by Crippen LogP contribution is 2.38. The molecule has 0 atom stereocenters. The number of carbonyl (C=O) groups excluding carboxylic acids is 1. The molecule has 0 unspecified atom stereocenters. The molecule has 0 aromatic heterocycles. The molecule has 2 aromatic rings. The molecular formula is C18H14ClNO5. The summed E-state index contributed by atoms with van der Waals surface area (Å²) < 4.78 is 11.2. The predicted molar refractivity (Wildman–Crippen MR) is 93.5 cm³/mol. The fraction of sp³-hybridized carbons (Fsp3) is 0.167. The summed E-state index contributed by atoms with van der Waals surface area (Å²) in [5, 5.41) is 11.1. The number of halogens is 1. The zero-order chi connectivity index (χ0) is 17.8. The van der Waals surface area contributed by atoms with E-state index in [0.29, 0.717) is 40.9 Å². The second-order valence-corrected chi connectivity index (χ2v) is 5.79. The number of rotatable bonds is 4. The molecule has 2 aromatic carbocycles. The Morgan fingerprint density at radius 3 is 2.60 bits per heavy atom. The van der Waals surface area contributed by atoms with Crippen molar-refractivity contribution in [2.45, 2.75) is 6.42 Å². The number of nitrogens with zero attached hydrogens (tertiary/aromatic N) is 1. The smallest absolute Gasteiger partial charge is 0.269 e. The van der Waals surface area contributed by atoms with E-state index in [1.807, 2.05) is 0 Å². The van der Waals surface area contributed by atoms with Gasteiger partial charge in [-0.25, -0.2) is 0 Å². The zero-order valence-electron chi connectivity index (χ0n) is 13.1. The maximum absolute atomic E-state index is 12.2. The van der Waals surface area contributed by atoms with Crippen molar-refractivity contribution >= 4 is 29.1 Å². The number of nitro groups is 1. The number of allylic oxidation sites excluding steroid dienone is 1. The van der Waals surface area contributed by atoms with E-state index < -0.39 is 4.92 Å². The number of fused-ring (bicyclic) bond motifs is 1. The van der Waals surface area contributed by atoms with Crippen LogP contribution in [0.15, 0.2) is 42.5 Å². The molecule has 1 heterocycles. The van der Waals surface area contributed by atoms with Gasteiger partial charge in [-0.05, 0) is 35.9 Å². The molecule has 0 bridgehead atoms. The minimum atomic E-state index is -0.510. The van der Waals surface area contributed by atoms with Gasteiger partial charge in [0.1, 0.15) is 0 Å². The largest absolute Gasteiger partial charge is 0.489 e. The molecule has 0 amide bonds. The van der Waals surface area contributed by atoms with Crippen LogP contribution in [0, 0.1) is 10.1 Å². The molecule has 1 aliphatic heterocycles. The molecule has 1 aliphatic rings. The lowest BCUT2D eigenvalue weighted by molar-refractivity contribution is -0.384. The quantitative estimate of drug-likeness (QED) is 0.352. The van der Waals surface area contributed by atoms with Crippen LogP contribution >= 0.6 is 11.6 Å². The minimum Gasteiger partial charge on any atom is -0.489 e. The highest BCUT2D eigenvalue weighted by molar-refractivity contribution is 6.32. The van der Waals surface area contributed by atoms with E-state index in [2.05, 4.69) is 0 Å². The average molecular weight is 360 g/mol. The number of carbonyl (C=O) groups is 1. The Morgan fingerprint density at radius 2 is 1.88 bits per heavy atom. The van der Waals surface area contributed by atoms with E-state index in [1.165, 1.54) is 30.3 Å². The molecule has 0 radical (unpaired) electrons. The molecule has 0 saturated heterocycles. The van der Waals surface area contributed by atoms with Gasteiger partial charge in [0.15, 0.2) is 17.3 Å². The molecule has 7 heteroatoms. The highest BCUT2D eigenvalue weighted by Gasteiger charge is 2.15. The zero-order valence-corrected chi connectivity index (χ0v) is 13.9. The maximum atomic E-state index is 12.2. The summed E-state index contributed by atoms with van der Waals surface area (Å²) in [5.41, 5.74) is 1.00. The first kappa shape index (κ1) is 17.0. The molecule has 6 nitrogen and oxygen atoms in total. The van der Waals surface area contributed by atoms with E-state index in [4.69, 9.17) is 21.1 Å². The van der Waals surface area contributed by atoms with Gasteiger partial charge in [0.25, 0.3) is 5.69 Å². The van der Waals surface area contributed by atoms with Crippen LogP contribution in [0.5, 0.6) is 11.5 Å². The van der Waals surface area contributed by atoms with Gasteiger partial charge in [-0.15, -0.1) is 0 Å². The Labute approximate surface area is 148 Å². The lowest BCUT2D eigenvalue weighted by Crippen LogP contribution is -1.97. The third-order valence-electron chi connectivity index (χ3n) is 3.61. The van der Waals surface area contributed by atoms with Gasteiger partial charge in [-0.2, -0.15) is 0 Å². The first-order chi connectivity index (χ1) is 12.0. The molecular weight excluding hydrogens is 346 g/mol. The summed E-state index contributed by atoms with van der Waals surface area (Å²) in [6, 6.07) is 8.88. The Morgan fingerprint density at radius 1 is 1.16 bits per heavy atom. The lowest BCUT2D eigenvalue weighted by Gasteiger charge is -2.09. The second-order valence-electron chi connectivity index (χ2n) is 5.38. The van der Waals surface area contributed by atoms with Crippen molar-refractivity contribution in [2.24, 2.45) is 0 Å². The Kier molecular flexibility index (Phi) is 5.00. The second kappa shape index (κ2) is 7.36. The molecule has 0 N–H and O–H groups in total. The Bertz CT molecular complexity index is 845. The number of hydrogen-bond acceptors (Lipinski definition) is 5. The van der Waals surface area contributed by atoms with Crippen LogP contribution in [-0.4, -0.2) is 23.9 Å². The van der Waals surface area contributed by atoms with Crippen molar-refractivity contribution < 1.29 is 19.2 Å². The van der Waals surface area contributed by atoms with E-state index >= 15 is 0 Å². The normalized spacial score (nSPS) is 13.5. The van der Waals surface area contributed by atoms with Crippen LogP contribution < -0.4 is 9.47 Å². The molecule has 3 rings (SSSR count). The molecule has 0 saturated carbocycles. The topological polar surface area (TPSA) is 78.7 Å². The molecule has 128 valence electrons. The summed E-state index contributed by atoms with van der Waals surface area (Å²) in [6.07, 6.45) is 3.77. The molecule has 0 spiro atoms. The van der Waals surface area contributed by atoms with Crippen molar-refractivity contribution in [1.82, 2.24) is 0 Å². The Hall–Kier alpha value is -2.86. The van der Waals surface area contributed by atoms with Crippen LogP contribution in [0.1, 0.15) is 22.3 Å². The van der Waals surface area contributed by atoms with E-state index in [0.717, 1.165) is 6.42 Å². The fourth-order valence-corrected chi connectivity index (χ4v) is 2.64. The SMILES string of the molecule is O=C(C=Cc1cc(Cl)c2c(c1)OCCCO2)c1ccc([N+](=O)[O-])cc1. The minimum absolute atomic E-state index is 0.0600. The Balaban J connectivity index is 1.79. The van der Waals surface area contributed by atoms with Crippen molar-refractivity contribution in [3.05, 3.63) is 68.7 Å². The third kappa shape index (κ3) is 3.97. The molecule has 25 heavy (non-hydrogen) atoms. The summed E-state index contributed by atoms with van der Waals surface area (Å²) in [6.45, 7) is 1.08. The van der Waals surface area contributed by atoms with E-state index in [1.54, 1.807) is 18.2 Å². The van der Waals surface area contributed by atoms with E-state index in [-0.39, 0.29) is 11.5 Å². The van der Waals surface area contributed by atoms with Crippen molar-refractivity contribution in [2.75, 3.05) is 13.2 Å². The number of ether oxygens (including phenoxy) is 2. The van der Waals surface area contributed by atoms with Gasteiger partial charge in [0.05, 0.1) is 23.2 Å². The van der Waals surface area contributed by atoms with Gasteiger partial charge in [0, 0.05) is 24.1 Å². The molecule has 0 aliphatic carbocycles. The number of nitro benzene ring substituents is 1. The number of non-ortho nitro benzene ring substituents is 1. The fourth-order valence-electron chi connectivity index (χ4n) is 2.36. The number of ketones is 1. The van der Waals surface area contributed by atoms with Crippen LogP contribution in [0.3, 0.4) is 0 Å². The van der Waals surface area contributed by atoms with Crippen LogP contribution in [-0.2, 0) is 0 Å².